The van der Waals surface area contributed by atoms with Crippen LogP contribution in [0.1, 0.15) is 50.5 Å². The summed E-state index contributed by atoms with van der Waals surface area (Å²) in [5.41, 5.74) is 2.64. The van der Waals surface area contributed by atoms with Crippen LogP contribution in [0.3, 0.4) is 0 Å². The molecule has 0 bridgehead atoms. The van der Waals surface area contributed by atoms with Gasteiger partial charge in [-0.25, -0.2) is 4.98 Å². The van der Waals surface area contributed by atoms with Crippen LogP contribution in [-0.4, -0.2) is 15.9 Å². The summed E-state index contributed by atoms with van der Waals surface area (Å²) in [5, 5.41) is 3.97. The first kappa shape index (κ1) is 14.0. The molecule has 21 heavy (non-hydrogen) atoms. The molecule has 0 unspecified atom stereocenters. The Morgan fingerprint density at radius 1 is 1.43 bits per heavy atom. The Morgan fingerprint density at radius 3 is 2.95 bits per heavy atom. The Balaban J connectivity index is 1.85. The van der Waals surface area contributed by atoms with E-state index >= 15 is 0 Å². The number of aryl methyl sites for hydroxylation is 3. The Hall–Kier alpha value is -1.95. The molecule has 1 aliphatic carbocycles. The number of thiazole rings is 1. The number of aromatic amines is 1. The number of pyridine rings is 1. The van der Waals surface area contributed by atoms with Crippen molar-refractivity contribution in [3.8, 4) is 0 Å². The number of carbonyl (C=O) groups is 1. The molecule has 1 atom stereocenters. The molecule has 1 aliphatic rings. The van der Waals surface area contributed by atoms with Crippen LogP contribution in [-0.2, 0) is 6.42 Å². The Labute approximate surface area is 126 Å². The minimum Gasteiger partial charge on any atom is -0.344 e. The van der Waals surface area contributed by atoms with Crippen molar-refractivity contribution in [2.24, 2.45) is 0 Å². The lowest BCUT2D eigenvalue weighted by Gasteiger charge is -2.25. The van der Waals surface area contributed by atoms with Gasteiger partial charge in [0.25, 0.3) is 5.91 Å². The quantitative estimate of drug-likeness (QED) is 0.893. The number of hydrogen-bond acceptors (Lipinski definition) is 4. The van der Waals surface area contributed by atoms with Crippen molar-refractivity contribution >= 4 is 17.2 Å². The summed E-state index contributed by atoms with van der Waals surface area (Å²) < 4.78 is 0. The van der Waals surface area contributed by atoms with Crippen molar-refractivity contribution in [3.63, 3.8) is 0 Å². The lowest BCUT2D eigenvalue weighted by molar-refractivity contribution is 0.0936. The number of fused-ring (bicyclic) bond motifs is 1. The summed E-state index contributed by atoms with van der Waals surface area (Å²) in [4.78, 5) is 31.6. The highest BCUT2D eigenvalue weighted by atomic mass is 32.1. The molecule has 2 N–H and O–H groups in total. The normalized spacial score (nSPS) is 17.3. The Morgan fingerprint density at radius 2 is 2.24 bits per heavy atom. The first-order chi connectivity index (χ1) is 10.0. The van der Waals surface area contributed by atoms with E-state index in [-0.39, 0.29) is 17.5 Å². The number of amides is 1. The van der Waals surface area contributed by atoms with Crippen molar-refractivity contribution in [2.45, 2.75) is 39.2 Å². The van der Waals surface area contributed by atoms with Gasteiger partial charge in [-0.2, -0.15) is 0 Å². The van der Waals surface area contributed by atoms with Gasteiger partial charge in [0.15, 0.2) is 0 Å². The van der Waals surface area contributed by atoms with E-state index in [0.29, 0.717) is 4.88 Å². The van der Waals surface area contributed by atoms with Crippen molar-refractivity contribution in [1.29, 1.82) is 0 Å². The highest BCUT2D eigenvalue weighted by Crippen LogP contribution is 2.28. The molecule has 0 saturated heterocycles. The van der Waals surface area contributed by atoms with E-state index < -0.39 is 0 Å². The SMILES string of the molecule is Cc1nc(C)c(C(=O)N[C@H]2CCCc3[nH]c(=O)ccc32)s1. The lowest BCUT2D eigenvalue weighted by atomic mass is 9.91. The molecule has 2 heterocycles. The topological polar surface area (TPSA) is 74.8 Å². The van der Waals surface area contributed by atoms with Gasteiger partial charge in [-0.05, 0) is 44.7 Å². The number of nitrogens with zero attached hydrogens (tertiary/aromatic N) is 1. The average Bonchev–Trinajstić information content (AvgIpc) is 2.77. The third kappa shape index (κ3) is 2.76. The van der Waals surface area contributed by atoms with Crippen molar-refractivity contribution in [2.75, 3.05) is 0 Å². The second-order valence-corrected chi connectivity index (χ2v) is 6.53. The van der Waals surface area contributed by atoms with E-state index in [0.717, 1.165) is 41.2 Å². The molecule has 0 aromatic carbocycles. The predicted molar refractivity (Wildman–Crippen MR) is 81.8 cm³/mol. The fourth-order valence-corrected chi connectivity index (χ4v) is 3.64. The molecule has 0 aliphatic heterocycles. The van der Waals surface area contributed by atoms with E-state index in [1.807, 2.05) is 19.9 Å². The second kappa shape index (κ2) is 5.44. The summed E-state index contributed by atoms with van der Waals surface area (Å²) in [7, 11) is 0. The average molecular weight is 303 g/mol. The zero-order chi connectivity index (χ0) is 15.0. The molecule has 3 rings (SSSR count). The van der Waals surface area contributed by atoms with Gasteiger partial charge in [0.1, 0.15) is 4.88 Å². The van der Waals surface area contributed by atoms with Crippen molar-refractivity contribution in [1.82, 2.24) is 15.3 Å². The van der Waals surface area contributed by atoms with Gasteiger partial charge in [0.2, 0.25) is 5.56 Å². The van der Waals surface area contributed by atoms with E-state index in [9.17, 15) is 9.59 Å². The third-order valence-corrected chi connectivity index (χ3v) is 4.82. The van der Waals surface area contributed by atoms with E-state index in [4.69, 9.17) is 0 Å². The number of hydrogen-bond donors (Lipinski definition) is 2. The van der Waals surface area contributed by atoms with Crippen LogP contribution in [0.5, 0.6) is 0 Å². The maximum atomic E-state index is 12.4. The van der Waals surface area contributed by atoms with Crippen LogP contribution in [0.4, 0.5) is 0 Å². The minimum atomic E-state index is -0.0883. The van der Waals surface area contributed by atoms with Crippen molar-refractivity contribution < 1.29 is 4.79 Å². The molecule has 5 nitrogen and oxygen atoms in total. The predicted octanol–water partition coefficient (Wildman–Crippen LogP) is 2.26. The van der Waals surface area contributed by atoms with Crippen LogP contribution in [0.25, 0.3) is 0 Å². The minimum absolute atomic E-state index is 0.0418. The molecular weight excluding hydrogens is 286 g/mol. The summed E-state index contributed by atoms with van der Waals surface area (Å²) in [6.07, 6.45) is 2.71. The molecule has 2 aromatic heterocycles. The Kier molecular flexibility index (Phi) is 3.63. The molecule has 1 amide bonds. The molecule has 0 saturated carbocycles. The molecule has 6 heteroatoms. The van der Waals surface area contributed by atoms with Crippen LogP contribution < -0.4 is 10.9 Å². The molecule has 0 fully saturated rings. The fraction of sp³-hybridized carbons (Fsp3) is 0.400. The largest absolute Gasteiger partial charge is 0.344 e. The highest BCUT2D eigenvalue weighted by Gasteiger charge is 2.24. The molecular formula is C15H17N3O2S. The molecule has 0 radical (unpaired) electrons. The maximum absolute atomic E-state index is 12.4. The van der Waals surface area contributed by atoms with Crippen LogP contribution >= 0.6 is 11.3 Å². The van der Waals surface area contributed by atoms with Crippen LogP contribution in [0.2, 0.25) is 0 Å². The van der Waals surface area contributed by atoms with Gasteiger partial charge in [-0.15, -0.1) is 11.3 Å². The van der Waals surface area contributed by atoms with E-state index in [1.54, 1.807) is 0 Å². The number of rotatable bonds is 2. The molecule has 110 valence electrons. The van der Waals surface area contributed by atoms with Gasteiger partial charge >= 0.3 is 0 Å². The fourth-order valence-electron chi connectivity index (χ4n) is 2.82. The van der Waals surface area contributed by atoms with Crippen LogP contribution in [0.15, 0.2) is 16.9 Å². The molecule has 2 aromatic rings. The number of H-pyrrole nitrogens is 1. The zero-order valence-electron chi connectivity index (χ0n) is 12.0. The highest BCUT2D eigenvalue weighted by molar-refractivity contribution is 7.13. The smallest absolute Gasteiger partial charge is 0.263 e. The maximum Gasteiger partial charge on any atom is 0.263 e. The second-order valence-electron chi connectivity index (χ2n) is 5.32. The van der Waals surface area contributed by atoms with Gasteiger partial charge in [0, 0.05) is 11.8 Å². The first-order valence-corrected chi connectivity index (χ1v) is 7.83. The van der Waals surface area contributed by atoms with Gasteiger partial charge < -0.3 is 10.3 Å². The third-order valence-electron chi connectivity index (χ3n) is 3.75. The van der Waals surface area contributed by atoms with Gasteiger partial charge in [0.05, 0.1) is 16.7 Å². The van der Waals surface area contributed by atoms with E-state index in [2.05, 4.69) is 15.3 Å². The summed E-state index contributed by atoms with van der Waals surface area (Å²) >= 11 is 1.41. The van der Waals surface area contributed by atoms with Crippen LogP contribution in [0, 0.1) is 13.8 Å². The zero-order valence-corrected chi connectivity index (χ0v) is 12.8. The first-order valence-electron chi connectivity index (χ1n) is 7.01. The summed E-state index contributed by atoms with van der Waals surface area (Å²) in [6.45, 7) is 3.75. The van der Waals surface area contributed by atoms with Gasteiger partial charge in [-0.3, -0.25) is 9.59 Å². The summed E-state index contributed by atoms with van der Waals surface area (Å²) in [5.74, 6) is -0.0813. The monoisotopic (exact) mass is 303 g/mol. The van der Waals surface area contributed by atoms with Gasteiger partial charge in [-0.1, -0.05) is 0 Å². The van der Waals surface area contributed by atoms with E-state index in [1.165, 1.54) is 17.4 Å². The number of aromatic nitrogens is 2. The molecule has 0 spiro atoms. The number of nitrogens with one attached hydrogen (secondary N) is 2. The number of carbonyl (C=O) groups excluding carboxylic acids is 1. The standard InChI is InChI=1S/C15H17N3O2S/c1-8-14(21-9(2)16-8)15(20)18-12-5-3-4-11-10(12)6-7-13(19)17-11/h6-7,12H,3-5H2,1-2H3,(H,17,19)(H,18,20)/t12-/m0/s1. The lowest BCUT2D eigenvalue weighted by Crippen LogP contribution is -2.32. The van der Waals surface area contributed by atoms with Crippen molar-refractivity contribution in [3.05, 3.63) is 49.3 Å². The Bertz CT molecular complexity index is 748. The summed E-state index contributed by atoms with van der Waals surface area (Å²) in [6, 6.07) is 3.30.